The average molecular weight is 450 g/mol. The fourth-order valence-electron chi connectivity index (χ4n) is 3.86. The van der Waals surface area contributed by atoms with Gasteiger partial charge in [-0.1, -0.05) is 54.5 Å². The van der Waals surface area contributed by atoms with Gasteiger partial charge in [-0.2, -0.15) is 0 Å². The van der Waals surface area contributed by atoms with E-state index in [2.05, 4.69) is 21.3 Å². The summed E-state index contributed by atoms with van der Waals surface area (Å²) in [5.74, 6) is 0.930. The third-order valence-corrected chi connectivity index (χ3v) is 5.41. The molecule has 0 saturated heterocycles. The van der Waals surface area contributed by atoms with Crippen molar-refractivity contribution >= 4 is 18.2 Å². The molecule has 172 valence electrons. The third kappa shape index (κ3) is 6.26. The largest absolute Gasteiger partial charge is 0.480 e. The van der Waals surface area contributed by atoms with Crippen LogP contribution in [0.25, 0.3) is 11.1 Å². The van der Waals surface area contributed by atoms with Crippen LogP contribution in [0.4, 0.5) is 9.59 Å². The number of ether oxygens (including phenoxy) is 2. The van der Waals surface area contributed by atoms with E-state index in [1.54, 1.807) is 0 Å². The number of alkyl carbamates (subject to hydrolysis) is 2. The fraction of sp³-hybridized carbons (Fsp3) is 0.320. The number of amides is 2. The molecule has 1 atom stereocenters. The molecule has 0 saturated carbocycles. The van der Waals surface area contributed by atoms with Crippen molar-refractivity contribution in [3.05, 3.63) is 59.7 Å². The summed E-state index contributed by atoms with van der Waals surface area (Å²) in [6.45, 7) is 0.299. The highest BCUT2D eigenvalue weighted by Crippen LogP contribution is 2.44. The van der Waals surface area contributed by atoms with E-state index >= 15 is 0 Å². The summed E-state index contributed by atoms with van der Waals surface area (Å²) in [4.78, 5) is 35.2. The molecule has 0 spiro atoms. The lowest BCUT2D eigenvalue weighted by molar-refractivity contribution is -0.139. The smallest absolute Gasteiger partial charge is 0.408 e. The number of carboxylic acids is 1. The van der Waals surface area contributed by atoms with E-state index in [4.69, 9.17) is 11.2 Å². The van der Waals surface area contributed by atoms with E-state index in [0.717, 1.165) is 22.3 Å². The second kappa shape index (κ2) is 11.6. The highest BCUT2D eigenvalue weighted by molar-refractivity contribution is 5.81. The van der Waals surface area contributed by atoms with Crippen molar-refractivity contribution in [2.75, 3.05) is 19.8 Å². The SMILES string of the molecule is C#CCOC(=O)NCCCC[C@@H](NC(=O)OCC1c2ccccc2-c2ccccc21)C(=O)O. The Balaban J connectivity index is 1.46. The second-order valence-electron chi connectivity index (χ2n) is 7.56. The van der Waals surface area contributed by atoms with Gasteiger partial charge in [0.2, 0.25) is 0 Å². The van der Waals surface area contributed by atoms with Gasteiger partial charge >= 0.3 is 18.2 Å². The molecule has 3 N–H and O–H groups in total. The molecule has 1 aliphatic rings. The standard InChI is InChI=1S/C25H26N2O6/c1-2-15-32-24(30)26-14-8-7-13-22(23(28)29)27-25(31)33-16-21-19-11-5-3-9-17(19)18-10-4-6-12-20(18)21/h1,3-6,9-12,21-22H,7-8,13-16H2,(H,26,30)(H,27,31)(H,28,29)/t22-/m1/s1. The lowest BCUT2D eigenvalue weighted by atomic mass is 9.98. The van der Waals surface area contributed by atoms with Crippen molar-refractivity contribution in [3.8, 4) is 23.5 Å². The average Bonchev–Trinajstić information content (AvgIpc) is 3.14. The van der Waals surface area contributed by atoms with E-state index < -0.39 is 24.2 Å². The summed E-state index contributed by atoms with van der Waals surface area (Å²) in [7, 11) is 0. The number of aliphatic carboxylic acids is 1. The number of hydrogen-bond donors (Lipinski definition) is 3. The zero-order valence-electron chi connectivity index (χ0n) is 18.1. The number of hydrogen-bond acceptors (Lipinski definition) is 5. The Morgan fingerprint density at radius 3 is 2.21 bits per heavy atom. The molecule has 2 amide bonds. The van der Waals surface area contributed by atoms with Crippen molar-refractivity contribution in [1.29, 1.82) is 0 Å². The third-order valence-electron chi connectivity index (χ3n) is 5.41. The zero-order valence-corrected chi connectivity index (χ0v) is 18.1. The van der Waals surface area contributed by atoms with Crippen LogP contribution in [0.5, 0.6) is 0 Å². The van der Waals surface area contributed by atoms with Crippen molar-refractivity contribution in [2.24, 2.45) is 0 Å². The maximum atomic E-state index is 12.3. The number of carboxylic acid groups (broad SMARTS) is 1. The Hall–Kier alpha value is -3.99. The number of rotatable bonds is 10. The van der Waals surface area contributed by atoms with Crippen LogP contribution in [0.3, 0.4) is 0 Å². The van der Waals surface area contributed by atoms with Crippen molar-refractivity contribution in [3.63, 3.8) is 0 Å². The topological polar surface area (TPSA) is 114 Å². The van der Waals surface area contributed by atoms with Gasteiger partial charge in [-0.05, 0) is 41.5 Å². The van der Waals surface area contributed by atoms with E-state index in [1.807, 2.05) is 48.5 Å². The number of nitrogens with one attached hydrogen (secondary N) is 2. The van der Waals surface area contributed by atoms with Gasteiger partial charge < -0.3 is 25.2 Å². The molecule has 3 rings (SSSR count). The molecular formula is C25H26N2O6. The molecule has 0 aliphatic heterocycles. The normalized spacial score (nSPS) is 12.6. The molecule has 0 unspecified atom stereocenters. The Bertz CT molecular complexity index is 1000. The molecule has 2 aromatic rings. The Morgan fingerprint density at radius 2 is 1.61 bits per heavy atom. The van der Waals surface area contributed by atoms with Gasteiger partial charge in [-0.25, -0.2) is 14.4 Å². The van der Waals surface area contributed by atoms with Gasteiger partial charge in [-0.3, -0.25) is 0 Å². The number of terminal acetylenes is 1. The van der Waals surface area contributed by atoms with Crippen LogP contribution in [-0.2, 0) is 14.3 Å². The minimum atomic E-state index is -1.15. The fourth-order valence-corrected chi connectivity index (χ4v) is 3.86. The first-order valence-electron chi connectivity index (χ1n) is 10.7. The first-order valence-corrected chi connectivity index (χ1v) is 10.7. The van der Waals surface area contributed by atoms with Crippen LogP contribution in [0.15, 0.2) is 48.5 Å². The van der Waals surface area contributed by atoms with Crippen LogP contribution in [0.1, 0.15) is 36.3 Å². The molecule has 8 nitrogen and oxygen atoms in total. The molecule has 0 bridgehead atoms. The van der Waals surface area contributed by atoms with Crippen molar-refractivity contribution < 1.29 is 29.0 Å². The molecule has 0 radical (unpaired) electrons. The molecule has 0 heterocycles. The zero-order chi connectivity index (χ0) is 23.6. The van der Waals surface area contributed by atoms with Crippen LogP contribution < -0.4 is 10.6 Å². The number of fused-ring (bicyclic) bond motifs is 3. The summed E-state index contributed by atoms with van der Waals surface area (Å²) in [5, 5.41) is 14.4. The Morgan fingerprint density at radius 1 is 0.970 bits per heavy atom. The summed E-state index contributed by atoms with van der Waals surface area (Å²) in [6.07, 6.45) is 4.77. The van der Waals surface area contributed by atoms with Gasteiger partial charge in [0.25, 0.3) is 0 Å². The highest BCUT2D eigenvalue weighted by Gasteiger charge is 2.29. The molecule has 1 aliphatic carbocycles. The predicted molar refractivity (Wildman–Crippen MR) is 122 cm³/mol. The highest BCUT2D eigenvalue weighted by atomic mass is 16.6. The molecular weight excluding hydrogens is 424 g/mol. The van der Waals surface area contributed by atoms with Gasteiger partial charge in [0, 0.05) is 12.5 Å². The summed E-state index contributed by atoms with van der Waals surface area (Å²) in [6, 6.07) is 14.8. The Kier molecular flexibility index (Phi) is 8.30. The van der Waals surface area contributed by atoms with E-state index in [0.29, 0.717) is 19.4 Å². The number of benzene rings is 2. The first-order chi connectivity index (χ1) is 16.0. The lowest BCUT2D eigenvalue weighted by Gasteiger charge is -2.17. The summed E-state index contributed by atoms with van der Waals surface area (Å²) in [5.41, 5.74) is 4.38. The van der Waals surface area contributed by atoms with Gasteiger partial charge in [-0.15, -0.1) is 6.42 Å². The van der Waals surface area contributed by atoms with Crippen LogP contribution in [0, 0.1) is 12.3 Å². The second-order valence-corrected chi connectivity index (χ2v) is 7.56. The summed E-state index contributed by atoms with van der Waals surface area (Å²) < 4.78 is 10.1. The van der Waals surface area contributed by atoms with E-state index in [-0.39, 0.29) is 25.6 Å². The minimum Gasteiger partial charge on any atom is -0.480 e. The lowest BCUT2D eigenvalue weighted by Crippen LogP contribution is -2.41. The van der Waals surface area contributed by atoms with Crippen LogP contribution >= 0.6 is 0 Å². The molecule has 2 aromatic carbocycles. The van der Waals surface area contributed by atoms with Gasteiger partial charge in [0.05, 0.1) is 0 Å². The number of carbonyl (C=O) groups is 3. The maximum Gasteiger partial charge on any atom is 0.408 e. The minimum absolute atomic E-state index is 0.105. The number of unbranched alkanes of at least 4 members (excludes halogenated alkanes) is 1. The summed E-state index contributed by atoms with van der Waals surface area (Å²) >= 11 is 0. The quantitative estimate of drug-likeness (QED) is 0.377. The predicted octanol–water partition coefficient (Wildman–Crippen LogP) is 3.51. The monoisotopic (exact) mass is 450 g/mol. The van der Waals surface area contributed by atoms with E-state index in [1.165, 1.54) is 0 Å². The van der Waals surface area contributed by atoms with Crippen LogP contribution in [0.2, 0.25) is 0 Å². The van der Waals surface area contributed by atoms with Crippen molar-refractivity contribution in [2.45, 2.75) is 31.2 Å². The maximum absolute atomic E-state index is 12.3. The van der Waals surface area contributed by atoms with Gasteiger partial charge in [0.15, 0.2) is 6.61 Å². The molecule has 33 heavy (non-hydrogen) atoms. The first kappa shape index (κ1) is 23.7. The molecule has 8 heteroatoms. The van der Waals surface area contributed by atoms with Crippen LogP contribution in [-0.4, -0.2) is 49.1 Å². The molecule has 0 aromatic heterocycles. The van der Waals surface area contributed by atoms with Gasteiger partial charge in [0.1, 0.15) is 12.6 Å². The Labute approximate surface area is 192 Å². The van der Waals surface area contributed by atoms with Crippen molar-refractivity contribution in [1.82, 2.24) is 10.6 Å². The molecule has 0 fully saturated rings. The number of carbonyl (C=O) groups excluding carboxylic acids is 2. The van der Waals surface area contributed by atoms with E-state index in [9.17, 15) is 19.5 Å².